The van der Waals surface area contributed by atoms with Crippen molar-refractivity contribution in [1.82, 2.24) is 15.3 Å². The van der Waals surface area contributed by atoms with Gasteiger partial charge in [-0.3, -0.25) is 9.78 Å². The first kappa shape index (κ1) is 16.1. The van der Waals surface area contributed by atoms with Crippen LogP contribution in [0.15, 0.2) is 30.5 Å². The Morgan fingerprint density at radius 2 is 2.17 bits per heavy atom. The highest BCUT2D eigenvalue weighted by Gasteiger charge is 2.22. The molecule has 6 heteroatoms. The Balaban J connectivity index is 1.68. The highest BCUT2D eigenvalue weighted by atomic mass is 16.4. The average molecular weight is 325 g/mol. The summed E-state index contributed by atoms with van der Waals surface area (Å²) in [7, 11) is 0. The van der Waals surface area contributed by atoms with Crippen molar-refractivity contribution in [2.75, 3.05) is 6.54 Å². The minimum atomic E-state index is -1.04. The monoisotopic (exact) mass is 325 g/mol. The van der Waals surface area contributed by atoms with Crippen LogP contribution in [0.3, 0.4) is 0 Å². The largest absolute Gasteiger partial charge is 0.478 e. The lowest BCUT2D eigenvalue weighted by atomic mass is 9.86. The molecule has 0 bridgehead atoms. The number of nitrogens with one attached hydrogen (secondary N) is 1. The lowest BCUT2D eigenvalue weighted by Gasteiger charge is -2.24. The van der Waals surface area contributed by atoms with E-state index in [4.69, 9.17) is 5.11 Å². The Labute approximate surface area is 140 Å². The van der Waals surface area contributed by atoms with Crippen LogP contribution >= 0.6 is 0 Å². The van der Waals surface area contributed by atoms with Gasteiger partial charge in [0.25, 0.3) is 5.91 Å². The molecule has 2 N–H and O–H groups in total. The van der Waals surface area contributed by atoms with Crippen molar-refractivity contribution in [1.29, 1.82) is 0 Å². The van der Waals surface area contributed by atoms with Crippen LogP contribution in [0.25, 0.3) is 0 Å². The molecule has 2 aromatic heterocycles. The van der Waals surface area contributed by atoms with Crippen LogP contribution in [0.2, 0.25) is 0 Å². The van der Waals surface area contributed by atoms with Gasteiger partial charge in [-0.05, 0) is 49.9 Å². The summed E-state index contributed by atoms with van der Waals surface area (Å²) in [5.41, 5.74) is 2.99. The van der Waals surface area contributed by atoms with Crippen molar-refractivity contribution >= 4 is 11.9 Å². The van der Waals surface area contributed by atoms with Crippen LogP contribution in [0.4, 0.5) is 0 Å². The maximum absolute atomic E-state index is 12.3. The number of carboxylic acids is 1. The van der Waals surface area contributed by atoms with Crippen molar-refractivity contribution in [3.63, 3.8) is 0 Å². The molecular formula is C18H19N3O3. The molecule has 0 saturated carbocycles. The van der Waals surface area contributed by atoms with Crippen molar-refractivity contribution in [2.24, 2.45) is 0 Å². The number of carbonyl (C=O) groups is 2. The van der Waals surface area contributed by atoms with E-state index < -0.39 is 5.97 Å². The third kappa shape index (κ3) is 3.27. The molecule has 0 aromatic carbocycles. The number of fused-ring (bicyclic) bond motifs is 1. The zero-order valence-electron chi connectivity index (χ0n) is 13.5. The Bertz CT molecular complexity index is 789. The predicted octanol–water partition coefficient (Wildman–Crippen LogP) is 2.33. The molecule has 0 saturated heterocycles. The van der Waals surface area contributed by atoms with Crippen molar-refractivity contribution < 1.29 is 14.7 Å². The van der Waals surface area contributed by atoms with E-state index in [0.717, 1.165) is 25.0 Å². The second kappa shape index (κ2) is 6.78. The van der Waals surface area contributed by atoms with Gasteiger partial charge in [-0.15, -0.1) is 0 Å². The van der Waals surface area contributed by atoms with Crippen molar-refractivity contribution in [2.45, 2.75) is 32.1 Å². The summed E-state index contributed by atoms with van der Waals surface area (Å²) >= 11 is 0. The normalized spacial score (nSPS) is 16.3. The number of aromatic nitrogens is 2. The molecule has 0 aliphatic heterocycles. The van der Waals surface area contributed by atoms with E-state index in [-0.39, 0.29) is 23.1 Å². The fourth-order valence-electron chi connectivity index (χ4n) is 3.12. The van der Waals surface area contributed by atoms with Gasteiger partial charge in [0, 0.05) is 24.4 Å². The molecule has 3 rings (SSSR count). The summed E-state index contributed by atoms with van der Waals surface area (Å²) < 4.78 is 0. The van der Waals surface area contributed by atoms with Gasteiger partial charge in [-0.25, -0.2) is 9.78 Å². The smallest absolute Gasteiger partial charge is 0.337 e. The Hall–Kier alpha value is -2.76. The van der Waals surface area contributed by atoms with Gasteiger partial charge in [-0.2, -0.15) is 0 Å². The molecule has 24 heavy (non-hydrogen) atoms. The van der Waals surface area contributed by atoms with Gasteiger partial charge in [0.05, 0.1) is 11.3 Å². The maximum atomic E-state index is 12.3. The van der Waals surface area contributed by atoms with Gasteiger partial charge in [0.15, 0.2) is 0 Å². The number of amides is 1. The fourth-order valence-corrected chi connectivity index (χ4v) is 3.12. The lowest BCUT2D eigenvalue weighted by Crippen LogP contribution is -2.31. The first-order chi connectivity index (χ1) is 11.6. The second-order valence-corrected chi connectivity index (χ2v) is 5.98. The molecule has 0 fully saturated rings. The zero-order valence-corrected chi connectivity index (χ0v) is 13.5. The van der Waals surface area contributed by atoms with Gasteiger partial charge in [0.2, 0.25) is 0 Å². The fraction of sp³-hybridized carbons (Fsp3) is 0.333. The standard InChI is InChI=1S/C18H19N3O3/c1-11-14(18(23)24)7-8-15(21-11)17(22)20-10-13-5-2-4-12-6-3-9-19-16(12)13/h3,6-9,13H,2,4-5,10H2,1H3,(H,20,22)(H,23,24). The average Bonchev–Trinajstić information content (AvgIpc) is 2.59. The topological polar surface area (TPSA) is 92.2 Å². The third-order valence-corrected chi connectivity index (χ3v) is 4.37. The van der Waals surface area contributed by atoms with Crippen LogP contribution in [-0.2, 0) is 6.42 Å². The molecule has 1 aliphatic carbocycles. The number of hydrogen-bond acceptors (Lipinski definition) is 4. The number of nitrogens with zero attached hydrogens (tertiary/aromatic N) is 2. The number of hydrogen-bond donors (Lipinski definition) is 2. The van der Waals surface area contributed by atoms with Gasteiger partial charge in [-0.1, -0.05) is 6.07 Å². The van der Waals surface area contributed by atoms with Crippen LogP contribution in [0.5, 0.6) is 0 Å². The summed E-state index contributed by atoms with van der Waals surface area (Å²) in [5.74, 6) is -1.13. The summed E-state index contributed by atoms with van der Waals surface area (Å²) in [6.07, 6.45) is 4.90. The van der Waals surface area contributed by atoms with E-state index in [1.165, 1.54) is 17.7 Å². The predicted molar refractivity (Wildman–Crippen MR) is 88.2 cm³/mol. The van der Waals surface area contributed by atoms with Crippen LogP contribution in [0.1, 0.15) is 56.6 Å². The molecule has 2 aromatic rings. The van der Waals surface area contributed by atoms with Crippen molar-refractivity contribution in [3.05, 3.63) is 58.7 Å². The van der Waals surface area contributed by atoms with Crippen LogP contribution in [0, 0.1) is 6.92 Å². The summed E-state index contributed by atoms with van der Waals surface area (Å²) in [5, 5.41) is 11.9. The van der Waals surface area contributed by atoms with E-state index in [1.54, 1.807) is 13.1 Å². The highest BCUT2D eigenvalue weighted by molar-refractivity contribution is 5.94. The quantitative estimate of drug-likeness (QED) is 0.900. The Morgan fingerprint density at radius 1 is 1.33 bits per heavy atom. The summed E-state index contributed by atoms with van der Waals surface area (Å²) in [4.78, 5) is 31.9. The minimum absolute atomic E-state index is 0.108. The molecule has 1 amide bonds. The summed E-state index contributed by atoms with van der Waals surface area (Å²) in [6.45, 7) is 2.09. The van der Waals surface area contributed by atoms with Gasteiger partial charge in [0.1, 0.15) is 5.69 Å². The van der Waals surface area contributed by atoms with Gasteiger partial charge < -0.3 is 10.4 Å². The van der Waals surface area contributed by atoms with E-state index in [0.29, 0.717) is 12.2 Å². The van der Waals surface area contributed by atoms with Crippen LogP contribution < -0.4 is 5.32 Å². The summed E-state index contributed by atoms with van der Waals surface area (Å²) in [6, 6.07) is 6.89. The molecule has 0 spiro atoms. The van der Waals surface area contributed by atoms with E-state index in [1.807, 2.05) is 6.07 Å². The first-order valence-corrected chi connectivity index (χ1v) is 7.99. The van der Waals surface area contributed by atoms with Gasteiger partial charge >= 0.3 is 5.97 Å². The number of pyridine rings is 2. The number of rotatable bonds is 4. The lowest BCUT2D eigenvalue weighted by molar-refractivity contribution is 0.0694. The number of aromatic carboxylic acids is 1. The highest BCUT2D eigenvalue weighted by Crippen LogP contribution is 2.29. The number of carboxylic acid groups (broad SMARTS) is 1. The number of aryl methyl sites for hydroxylation is 2. The maximum Gasteiger partial charge on any atom is 0.337 e. The Kier molecular flexibility index (Phi) is 4.55. The first-order valence-electron chi connectivity index (χ1n) is 7.99. The Morgan fingerprint density at radius 3 is 2.92 bits per heavy atom. The molecular weight excluding hydrogens is 306 g/mol. The van der Waals surface area contributed by atoms with Crippen LogP contribution in [-0.4, -0.2) is 33.5 Å². The second-order valence-electron chi connectivity index (χ2n) is 5.98. The molecule has 124 valence electrons. The number of carbonyl (C=O) groups excluding carboxylic acids is 1. The molecule has 2 heterocycles. The zero-order chi connectivity index (χ0) is 17.1. The molecule has 1 aliphatic rings. The SMILES string of the molecule is Cc1nc(C(=O)NCC2CCCc3cccnc32)ccc1C(=O)O. The molecule has 0 radical (unpaired) electrons. The van der Waals surface area contributed by atoms with E-state index in [9.17, 15) is 9.59 Å². The van der Waals surface area contributed by atoms with E-state index in [2.05, 4.69) is 21.4 Å². The molecule has 1 unspecified atom stereocenters. The third-order valence-electron chi connectivity index (χ3n) is 4.37. The molecule has 6 nitrogen and oxygen atoms in total. The van der Waals surface area contributed by atoms with E-state index >= 15 is 0 Å². The molecule has 1 atom stereocenters. The van der Waals surface area contributed by atoms with Crippen molar-refractivity contribution in [3.8, 4) is 0 Å². The minimum Gasteiger partial charge on any atom is -0.478 e.